The fourth-order valence-corrected chi connectivity index (χ4v) is 2.35. The molecular weight excluding hydrogens is 216 g/mol. The van der Waals surface area contributed by atoms with E-state index in [-0.39, 0.29) is 0 Å². The number of nitrogen functional groups attached to an aromatic ring is 1. The molecule has 0 spiro atoms. The monoisotopic (exact) mass is 232 g/mol. The van der Waals surface area contributed by atoms with Crippen LogP contribution in [-0.4, -0.2) is 0 Å². The molecule has 2 aromatic rings. The minimum atomic E-state index is 0.350. The molecule has 0 saturated carbocycles. The van der Waals surface area contributed by atoms with E-state index in [0.29, 0.717) is 6.04 Å². The molecule has 2 nitrogen and oxygen atoms in total. The summed E-state index contributed by atoms with van der Waals surface area (Å²) in [7, 11) is 0. The normalized spacial score (nSPS) is 12.6. The first-order chi connectivity index (χ1) is 7.77. The van der Waals surface area contributed by atoms with Crippen LogP contribution >= 0.6 is 11.3 Å². The van der Waals surface area contributed by atoms with Gasteiger partial charge in [0, 0.05) is 23.2 Å². The summed E-state index contributed by atoms with van der Waals surface area (Å²) in [4.78, 5) is 1.21. The summed E-state index contributed by atoms with van der Waals surface area (Å²) in [5.41, 5.74) is 8.03. The maximum absolute atomic E-state index is 5.84. The predicted octanol–water partition coefficient (Wildman–Crippen LogP) is 3.18. The van der Waals surface area contributed by atoms with Gasteiger partial charge in [-0.3, -0.25) is 0 Å². The van der Waals surface area contributed by atoms with Crippen LogP contribution < -0.4 is 11.1 Å². The van der Waals surface area contributed by atoms with Gasteiger partial charge in [-0.1, -0.05) is 30.3 Å². The van der Waals surface area contributed by atoms with Crippen LogP contribution in [-0.2, 0) is 6.54 Å². The number of nitrogens with two attached hydrogens (primary N) is 1. The highest BCUT2D eigenvalue weighted by Crippen LogP contribution is 2.20. The van der Waals surface area contributed by atoms with Gasteiger partial charge in [-0.05, 0) is 23.9 Å². The van der Waals surface area contributed by atoms with Gasteiger partial charge in [0.05, 0.1) is 0 Å². The fraction of sp³-hybridized carbons (Fsp3) is 0.231. The Labute approximate surface area is 100 Å². The number of hydrogen-bond acceptors (Lipinski definition) is 3. The first-order valence-corrected chi connectivity index (χ1v) is 6.25. The Morgan fingerprint density at radius 3 is 2.62 bits per heavy atom. The Hall–Kier alpha value is -1.32. The van der Waals surface area contributed by atoms with Gasteiger partial charge < -0.3 is 11.1 Å². The number of anilines is 1. The van der Waals surface area contributed by atoms with E-state index in [9.17, 15) is 0 Å². The summed E-state index contributed by atoms with van der Waals surface area (Å²) in [6, 6.07) is 12.7. The van der Waals surface area contributed by atoms with Crippen LogP contribution in [0.3, 0.4) is 0 Å². The molecule has 0 fully saturated rings. The second-order valence-corrected chi connectivity index (χ2v) is 4.81. The average Bonchev–Trinajstić information content (AvgIpc) is 2.73. The molecule has 1 aromatic heterocycles. The molecule has 3 heteroatoms. The van der Waals surface area contributed by atoms with Crippen molar-refractivity contribution in [3.05, 3.63) is 52.2 Å². The molecule has 0 aliphatic carbocycles. The van der Waals surface area contributed by atoms with Gasteiger partial charge in [0.1, 0.15) is 0 Å². The molecular formula is C13H16N2S. The van der Waals surface area contributed by atoms with Gasteiger partial charge in [-0.15, -0.1) is 11.3 Å². The number of benzene rings is 1. The number of thiophene rings is 1. The van der Waals surface area contributed by atoms with E-state index >= 15 is 0 Å². The van der Waals surface area contributed by atoms with Gasteiger partial charge in [0.25, 0.3) is 0 Å². The van der Waals surface area contributed by atoms with Crippen LogP contribution in [0.1, 0.15) is 23.4 Å². The van der Waals surface area contributed by atoms with Gasteiger partial charge in [-0.2, -0.15) is 0 Å². The molecule has 0 amide bonds. The largest absolute Gasteiger partial charge is 0.398 e. The highest BCUT2D eigenvalue weighted by Gasteiger charge is 2.05. The Bertz CT molecular complexity index is 436. The van der Waals surface area contributed by atoms with Gasteiger partial charge in [-0.25, -0.2) is 0 Å². The Morgan fingerprint density at radius 2 is 2.00 bits per heavy atom. The zero-order chi connectivity index (χ0) is 11.4. The quantitative estimate of drug-likeness (QED) is 0.849. The van der Waals surface area contributed by atoms with Crippen LogP contribution in [0.15, 0.2) is 41.8 Å². The number of nitrogens with one attached hydrogen (secondary N) is 1. The molecule has 0 unspecified atom stereocenters. The van der Waals surface area contributed by atoms with E-state index in [4.69, 9.17) is 5.73 Å². The van der Waals surface area contributed by atoms with Crippen LogP contribution in [0.4, 0.5) is 5.69 Å². The van der Waals surface area contributed by atoms with Crippen LogP contribution in [0.2, 0.25) is 0 Å². The van der Waals surface area contributed by atoms with E-state index in [1.807, 2.05) is 17.5 Å². The molecule has 1 heterocycles. The van der Waals surface area contributed by atoms with Gasteiger partial charge in [0.15, 0.2) is 0 Å². The van der Waals surface area contributed by atoms with Crippen molar-refractivity contribution in [1.82, 2.24) is 5.32 Å². The second-order valence-electron chi connectivity index (χ2n) is 3.81. The maximum atomic E-state index is 5.84. The molecule has 1 atom stereocenters. The average molecular weight is 232 g/mol. The summed E-state index contributed by atoms with van der Waals surface area (Å²) >= 11 is 1.70. The molecule has 84 valence electrons. The smallest absolute Gasteiger partial charge is 0.0468 e. The first kappa shape index (κ1) is 11.2. The standard InChI is InChI=1S/C13H16N2S/c1-10(11-5-3-2-4-6-11)15-9-13-12(14)7-8-16-13/h2-8,10,15H,9,14H2,1H3/t10-/m1/s1. The number of hydrogen-bond donors (Lipinski definition) is 2. The van der Waals surface area contributed by atoms with Gasteiger partial charge in [0.2, 0.25) is 0 Å². The third kappa shape index (κ3) is 2.62. The molecule has 0 saturated heterocycles. The van der Waals surface area contributed by atoms with Crippen molar-refractivity contribution >= 4 is 17.0 Å². The lowest BCUT2D eigenvalue weighted by atomic mass is 10.1. The summed E-state index contributed by atoms with van der Waals surface area (Å²) < 4.78 is 0. The Kier molecular flexibility index (Phi) is 3.59. The summed E-state index contributed by atoms with van der Waals surface area (Å²) in [5.74, 6) is 0. The lowest BCUT2D eigenvalue weighted by Gasteiger charge is -2.13. The third-order valence-corrected chi connectivity index (χ3v) is 3.58. The lowest BCUT2D eigenvalue weighted by Crippen LogP contribution is -2.17. The Balaban J connectivity index is 1.94. The van der Waals surface area contributed by atoms with Crippen molar-refractivity contribution < 1.29 is 0 Å². The molecule has 0 aliphatic heterocycles. The van der Waals surface area contributed by atoms with Crippen molar-refractivity contribution in [2.24, 2.45) is 0 Å². The minimum absolute atomic E-state index is 0.350. The summed E-state index contributed by atoms with van der Waals surface area (Å²) in [5, 5.41) is 5.50. The third-order valence-electron chi connectivity index (χ3n) is 2.65. The predicted molar refractivity (Wildman–Crippen MR) is 70.4 cm³/mol. The second kappa shape index (κ2) is 5.14. The highest BCUT2D eigenvalue weighted by atomic mass is 32.1. The molecule has 2 rings (SSSR count). The van der Waals surface area contributed by atoms with Crippen LogP contribution in [0.25, 0.3) is 0 Å². The Morgan fingerprint density at radius 1 is 1.25 bits per heavy atom. The van der Waals surface area contributed by atoms with Crippen molar-refractivity contribution in [2.45, 2.75) is 19.5 Å². The molecule has 16 heavy (non-hydrogen) atoms. The molecule has 0 aliphatic rings. The van der Waals surface area contributed by atoms with Crippen molar-refractivity contribution in [3.63, 3.8) is 0 Å². The molecule has 3 N–H and O–H groups in total. The lowest BCUT2D eigenvalue weighted by molar-refractivity contribution is 0.579. The van der Waals surface area contributed by atoms with Crippen molar-refractivity contribution in [1.29, 1.82) is 0 Å². The van der Waals surface area contributed by atoms with Gasteiger partial charge >= 0.3 is 0 Å². The minimum Gasteiger partial charge on any atom is -0.398 e. The van der Waals surface area contributed by atoms with Crippen LogP contribution in [0, 0.1) is 0 Å². The summed E-state index contributed by atoms with van der Waals surface area (Å²) in [6.45, 7) is 3.00. The molecule has 0 radical (unpaired) electrons. The fourth-order valence-electron chi connectivity index (χ4n) is 1.60. The topological polar surface area (TPSA) is 38.0 Å². The number of rotatable bonds is 4. The van der Waals surface area contributed by atoms with Crippen molar-refractivity contribution in [2.75, 3.05) is 5.73 Å². The van der Waals surface area contributed by atoms with E-state index in [1.165, 1.54) is 10.4 Å². The van der Waals surface area contributed by atoms with Crippen LogP contribution in [0.5, 0.6) is 0 Å². The van der Waals surface area contributed by atoms with E-state index < -0.39 is 0 Å². The zero-order valence-electron chi connectivity index (χ0n) is 9.31. The van der Waals surface area contributed by atoms with E-state index in [1.54, 1.807) is 11.3 Å². The zero-order valence-corrected chi connectivity index (χ0v) is 10.1. The molecule has 0 bridgehead atoms. The van der Waals surface area contributed by atoms with E-state index in [0.717, 1.165) is 12.2 Å². The van der Waals surface area contributed by atoms with E-state index in [2.05, 4.69) is 36.5 Å². The summed E-state index contributed by atoms with van der Waals surface area (Å²) in [6.07, 6.45) is 0. The SMILES string of the molecule is C[C@@H](NCc1sccc1N)c1ccccc1. The first-order valence-electron chi connectivity index (χ1n) is 5.37. The highest BCUT2D eigenvalue weighted by molar-refractivity contribution is 7.10. The maximum Gasteiger partial charge on any atom is 0.0468 e. The van der Waals surface area contributed by atoms with Crippen molar-refractivity contribution in [3.8, 4) is 0 Å². The molecule has 1 aromatic carbocycles.